The fraction of sp³-hybridized carbons (Fsp3) is 0.200. The third-order valence-corrected chi connectivity index (χ3v) is 5.26. The van der Waals surface area contributed by atoms with Crippen LogP contribution in [-0.4, -0.2) is 39.5 Å². The molecule has 3 aromatic rings. The van der Waals surface area contributed by atoms with E-state index in [2.05, 4.69) is 0 Å². The van der Waals surface area contributed by atoms with E-state index < -0.39 is 35.7 Å². The van der Waals surface area contributed by atoms with Crippen LogP contribution in [0.3, 0.4) is 0 Å². The van der Waals surface area contributed by atoms with Gasteiger partial charge in [0.2, 0.25) is 0 Å². The molecule has 3 aromatic carbocycles. The Morgan fingerprint density at radius 2 is 1.03 bits per heavy atom. The highest BCUT2D eigenvalue weighted by Gasteiger charge is 2.44. The number of hydrogen-bond donors (Lipinski definition) is 3. The van der Waals surface area contributed by atoms with E-state index in [-0.39, 0.29) is 0 Å². The first-order valence-corrected chi connectivity index (χ1v) is 9.86. The number of rotatable bonds is 9. The molecular formula is C25H24O6. The fourth-order valence-electron chi connectivity index (χ4n) is 3.74. The average molecular weight is 420 g/mol. The lowest BCUT2D eigenvalue weighted by Crippen LogP contribution is -2.46. The summed E-state index contributed by atoms with van der Waals surface area (Å²) in [6.45, 7) is 1.48. The maximum atomic E-state index is 11.5. The molecule has 0 amide bonds. The quantitative estimate of drug-likeness (QED) is 0.361. The fourth-order valence-corrected chi connectivity index (χ4v) is 3.74. The number of benzene rings is 3. The minimum Gasteiger partial charge on any atom is -0.481 e. The highest BCUT2D eigenvalue weighted by atomic mass is 16.5. The molecule has 31 heavy (non-hydrogen) atoms. The van der Waals surface area contributed by atoms with Gasteiger partial charge in [-0.25, -0.2) is 0 Å². The molecule has 6 heteroatoms. The van der Waals surface area contributed by atoms with E-state index in [0.717, 1.165) is 16.7 Å². The molecule has 0 aliphatic carbocycles. The number of carbonyl (C=O) groups is 2. The van der Waals surface area contributed by atoms with Crippen LogP contribution in [0.15, 0.2) is 91.0 Å². The van der Waals surface area contributed by atoms with Crippen molar-refractivity contribution in [3.05, 3.63) is 108 Å². The minimum atomic E-state index is -2.02. The third-order valence-electron chi connectivity index (χ3n) is 5.26. The summed E-state index contributed by atoms with van der Waals surface area (Å²) in [6, 6.07) is 28.0. The standard InChI is InChI=1S/C25H24O6/c1-17(22(26)21(23(27)28)24(29)30)31-25(18-11-5-2-6-12-18,19-13-7-3-8-14-19)20-15-9-4-10-16-20/h2-17,21-22,26H,1H3,(H,27,28)(H,29,30). The van der Waals surface area contributed by atoms with Gasteiger partial charge < -0.3 is 20.1 Å². The lowest BCUT2D eigenvalue weighted by atomic mass is 9.79. The van der Waals surface area contributed by atoms with Gasteiger partial charge in [-0.2, -0.15) is 0 Å². The monoisotopic (exact) mass is 420 g/mol. The Balaban J connectivity index is 2.19. The Bertz CT molecular complexity index is 893. The molecule has 0 saturated heterocycles. The van der Waals surface area contributed by atoms with E-state index in [4.69, 9.17) is 4.74 Å². The van der Waals surface area contributed by atoms with E-state index >= 15 is 0 Å². The van der Waals surface area contributed by atoms with Crippen molar-refractivity contribution in [2.45, 2.75) is 24.7 Å². The Morgan fingerprint density at radius 3 is 1.32 bits per heavy atom. The van der Waals surface area contributed by atoms with E-state index in [9.17, 15) is 24.9 Å². The first-order chi connectivity index (χ1) is 14.9. The van der Waals surface area contributed by atoms with Crippen LogP contribution in [0.1, 0.15) is 23.6 Å². The van der Waals surface area contributed by atoms with Gasteiger partial charge in [0.25, 0.3) is 0 Å². The summed E-state index contributed by atoms with van der Waals surface area (Å²) in [7, 11) is 0. The normalized spacial score (nSPS) is 13.5. The summed E-state index contributed by atoms with van der Waals surface area (Å²) < 4.78 is 6.46. The maximum absolute atomic E-state index is 11.5. The third kappa shape index (κ3) is 4.50. The largest absolute Gasteiger partial charge is 0.481 e. The molecule has 2 atom stereocenters. The van der Waals surface area contributed by atoms with Crippen molar-refractivity contribution in [3.63, 3.8) is 0 Å². The summed E-state index contributed by atoms with van der Waals surface area (Å²) in [6.07, 6.45) is -2.90. The number of carboxylic acid groups (broad SMARTS) is 2. The van der Waals surface area contributed by atoms with Gasteiger partial charge in [-0.3, -0.25) is 9.59 Å². The van der Waals surface area contributed by atoms with Gasteiger partial charge in [0.1, 0.15) is 11.7 Å². The molecule has 0 bridgehead atoms. The van der Waals surface area contributed by atoms with Crippen LogP contribution in [0, 0.1) is 5.92 Å². The molecule has 3 N–H and O–H groups in total. The summed E-state index contributed by atoms with van der Waals surface area (Å²) in [4.78, 5) is 22.9. The van der Waals surface area contributed by atoms with Crippen LogP contribution in [-0.2, 0) is 19.9 Å². The minimum absolute atomic E-state index is 0.758. The highest BCUT2D eigenvalue weighted by molar-refractivity contribution is 5.93. The highest BCUT2D eigenvalue weighted by Crippen LogP contribution is 2.42. The predicted molar refractivity (Wildman–Crippen MR) is 115 cm³/mol. The van der Waals surface area contributed by atoms with Gasteiger partial charge >= 0.3 is 11.9 Å². The van der Waals surface area contributed by atoms with Crippen molar-refractivity contribution < 1.29 is 29.6 Å². The molecule has 2 unspecified atom stereocenters. The van der Waals surface area contributed by atoms with Crippen LogP contribution in [0.25, 0.3) is 0 Å². The Labute approximate surface area is 180 Å². The molecular weight excluding hydrogens is 396 g/mol. The molecule has 160 valence electrons. The second-order valence-corrected chi connectivity index (χ2v) is 7.25. The SMILES string of the molecule is CC(OC(c1ccccc1)(c1ccccc1)c1ccccc1)C(O)C(C(=O)O)C(=O)O. The molecule has 0 radical (unpaired) electrons. The van der Waals surface area contributed by atoms with Gasteiger partial charge in [0.05, 0.1) is 6.10 Å². The van der Waals surface area contributed by atoms with Gasteiger partial charge in [-0.15, -0.1) is 0 Å². The first kappa shape index (κ1) is 22.2. The van der Waals surface area contributed by atoms with Gasteiger partial charge in [0, 0.05) is 0 Å². The topological polar surface area (TPSA) is 104 Å². The van der Waals surface area contributed by atoms with Crippen LogP contribution in [0.4, 0.5) is 0 Å². The molecule has 0 aliphatic rings. The lowest BCUT2D eigenvalue weighted by molar-refractivity contribution is -0.169. The Morgan fingerprint density at radius 1 is 0.710 bits per heavy atom. The zero-order chi connectivity index (χ0) is 22.4. The summed E-state index contributed by atoms with van der Waals surface area (Å²) >= 11 is 0. The van der Waals surface area contributed by atoms with Crippen molar-refractivity contribution in [2.24, 2.45) is 5.92 Å². The van der Waals surface area contributed by atoms with Crippen molar-refractivity contribution in [1.82, 2.24) is 0 Å². The van der Waals surface area contributed by atoms with Crippen LogP contribution >= 0.6 is 0 Å². The molecule has 3 rings (SSSR count). The van der Waals surface area contributed by atoms with Crippen LogP contribution in [0.2, 0.25) is 0 Å². The van der Waals surface area contributed by atoms with Crippen molar-refractivity contribution in [3.8, 4) is 0 Å². The predicted octanol–water partition coefficient (Wildman–Crippen LogP) is 3.53. The first-order valence-electron chi connectivity index (χ1n) is 9.86. The molecule has 0 aliphatic heterocycles. The summed E-state index contributed by atoms with van der Waals surface area (Å²) in [5.74, 6) is -5.27. The Kier molecular flexibility index (Phi) is 6.84. The molecule has 0 saturated carbocycles. The summed E-state index contributed by atoms with van der Waals surface area (Å²) in [5.41, 5.74) is 1.07. The zero-order valence-corrected chi connectivity index (χ0v) is 17.0. The van der Waals surface area contributed by atoms with E-state index in [1.54, 1.807) is 0 Å². The number of aliphatic hydroxyl groups is 1. The maximum Gasteiger partial charge on any atom is 0.320 e. The number of hydrogen-bond acceptors (Lipinski definition) is 4. The van der Waals surface area contributed by atoms with Crippen LogP contribution < -0.4 is 0 Å². The summed E-state index contributed by atoms with van der Waals surface area (Å²) in [5, 5.41) is 29.3. The zero-order valence-electron chi connectivity index (χ0n) is 17.0. The van der Waals surface area contributed by atoms with Crippen molar-refractivity contribution >= 4 is 11.9 Å². The number of aliphatic hydroxyl groups excluding tert-OH is 1. The lowest BCUT2D eigenvalue weighted by Gasteiger charge is -2.39. The van der Waals surface area contributed by atoms with Crippen molar-refractivity contribution in [2.75, 3.05) is 0 Å². The molecule has 0 heterocycles. The molecule has 0 fully saturated rings. The molecule has 0 aromatic heterocycles. The van der Waals surface area contributed by atoms with Gasteiger partial charge in [-0.05, 0) is 23.6 Å². The average Bonchev–Trinajstić information content (AvgIpc) is 2.78. The number of carboxylic acids is 2. The van der Waals surface area contributed by atoms with Crippen LogP contribution in [0.5, 0.6) is 0 Å². The van der Waals surface area contributed by atoms with E-state index in [1.165, 1.54) is 6.92 Å². The van der Waals surface area contributed by atoms with Gasteiger partial charge in [-0.1, -0.05) is 91.0 Å². The second-order valence-electron chi connectivity index (χ2n) is 7.25. The van der Waals surface area contributed by atoms with E-state index in [1.807, 2.05) is 91.0 Å². The second kappa shape index (κ2) is 9.55. The molecule has 0 spiro atoms. The number of ether oxygens (including phenoxy) is 1. The molecule has 6 nitrogen and oxygen atoms in total. The Hall–Kier alpha value is -3.48. The smallest absolute Gasteiger partial charge is 0.320 e. The van der Waals surface area contributed by atoms with E-state index in [0.29, 0.717) is 0 Å². The van der Waals surface area contributed by atoms with Gasteiger partial charge in [0.15, 0.2) is 5.92 Å². The van der Waals surface area contributed by atoms with Crippen molar-refractivity contribution in [1.29, 1.82) is 0 Å². The number of aliphatic carboxylic acids is 2.